The van der Waals surface area contributed by atoms with Crippen molar-refractivity contribution in [3.63, 3.8) is 0 Å². The predicted octanol–water partition coefficient (Wildman–Crippen LogP) is 3.95. The molecule has 0 spiro atoms. The Morgan fingerprint density at radius 2 is 1.79 bits per heavy atom. The second-order valence-electron chi connectivity index (χ2n) is 7.03. The van der Waals surface area contributed by atoms with Crippen LogP contribution in [-0.4, -0.2) is 25.2 Å². The number of carbonyl (C=O) groups excluding carboxylic acids is 1. The summed E-state index contributed by atoms with van der Waals surface area (Å²) in [5.41, 5.74) is 2.63. The quantitative estimate of drug-likeness (QED) is 0.793. The van der Waals surface area contributed by atoms with Gasteiger partial charge in [-0.3, -0.25) is 4.79 Å². The van der Waals surface area contributed by atoms with Crippen molar-refractivity contribution in [1.29, 1.82) is 0 Å². The molecule has 0 radical (unpaired) electrons. The van der Waals surface area contributed by atoms with Crippen LogP contribution in [0.5, 0.6) is 0 Å². The number of carbonyl (C=O) groups is 1. The molecule has 28 heavy (non-hydrogen) atoms. The van der Waals surface area contributed by atoms with Gasteiger partial charge < -0.3 is 5.32 Å². The normalized spacial score (nSPS) is 14.7. The molecule has 0 fully saturated rings. The van der Waals surface area contributed by atoms with Crippen molar-refractivity contribution in [2.45, 2.75) is 44.6 Å². The molecule has 150 valence electrons. The fourth-order valence-corrected chi connectivity index (χ4v) is 4.89. The second kappa shape index (κ2) is 8.41. The van der Waals surface area contributed by atoms with Crippen molar-refractivity contribution in [3.05, 3.63) is 59.4 Å². The predicted molar refractivity (Wildman–Crippen MR) is 107 cm³/mol. The lowest BCUT2D eigenvalue weighted by atomic mass is 9.99. The molecule has 1 aliphatic heterocycles. The first-order valence-corrected chi connectivity index (χ1v) is 11.0. The van der Waals surface area contributed by atoms with E-state index in [1.165, 1.54) is 16.4 Å². The maximum atomic E-state index is 13.1. The minimum atomic E-state index is -3.70. The van der Waals surface area contributed by atoms with Crippen molar-refractivity contribution >= 4 is 21.6 Å². The number of hydrogen-bond donors (Lipinski definition) is 1. The summed E-state index contributed by atoms with van der Waals surface area (Å²) in [5.74, 6) is -0.524. The first-order chi connectivity index (χ1) is 13.3. The van der Waals surface area contributed by atoms with Crippen molar-refractivity contribution in [1.82, 2.24) is 4.31 Å². The molecule has 2 aromatic rings. The Balaban J connectivity index is 1.80. The number of benzene rings is 2. The third-order valence-electron chi connectivity index (χ3n) is 5.26. The Morgan fingerprint density at radius 3 is 2.43 bits per heavy atom. The van der Waals surface area contributed by atoms with E-state index in [1.54, 1.807) is 0 Å². The molecule has 0 unspecified atom stereocenters. The SMILES string of the molecule is CCC(CC)C(=O)Nc1ccc2c(c1)CN(S(=O)(=O)c1ccc(F)cc1)CC2. The zero-order valence-electron chi connectivity index (χ0n) is 16.1. The molecule has 0 atom stereocenters. The van der Waals surface area contributed by atoms with Gasteiger partial charge in [0.05, 0.1) is 4.90 Å². The van der Waals surface area contributed by atoms with Crippen LogP contribution in [0, 0.1) is 11.7 Å². The third kappa shape index (κ3) is 4.25. The van der Waals surface area contributed by atoms with E-state index in [0.29, 0.717) is 18.7 Å². The molecule has 1 heterocycles. The molecule has 0 bridgehead atoms. The van der Waals surface area contributed by atoms with Crippen LogP contribution in [0.1, 0.15) is 37.8 Å². The highest BCUT2D eigenvalue weighted by Crippen LogP contribution is 2.27. The van der Waals surface area contributed by atoms with E-state index in [1.807, 2.05) is 32.0 Å². The molecule has 0 aromatic heterocycles. The molecule has 1 aliphatic rings. The summed E-state index contributed by atoms with van der Waals surface area (Å²) < 4.78 is 40.3. The van der Waals surface area contributed by atoms with Crippen LogP contribution in [-0.2, 0) is 27.8 Å². The maximum Gasteiger partial charge on any atom is 0.243 e. The van der Waals surface area contributed by atoms with Gasteiger partial charge in [-0.2, -0.15) is 4.31 Å². The molecule has 1 amide bonds. The van der Waals surface area contributed by atoms with E-state index in [-0.39, 0.29) is 23.3 Å². The number of anilines is 1. The van der Waals surface area contributed by atoms with Gasteiger partial charge in [0.1, 0.15) is 5.82 Å². The Hall–Kier alpha value is -2.25. The number of halogens is 1. The average molecular weight is 405 g/mol. The summed E-state index contributed by atoms with van der Waals surface area (Å²) in [7, 11) is -3.70. The molecule has 7 heteroatoms. The monoisotopic (exact) mass is 404 g/mol. The molecular formula is C21H25FN2O3S. The average Bonchev–Trinajstić information content (AvgIpc) is 2.68. The van der Waals surface area contributed by atoms with Gasteiger partial charge in [0, 0.05) is 24.7 Å². The van der Waals surface area contributed by atoms with Crippen LogP contribution < -0.4 is 5.32 Å². The van der Waals surface area contributed by atoms with Crippen LogP contribution in [0.25, 0.3) is 0 Å². The lowest BCUT2D eigenvalue weighted by molar-refractivity contribution is -0.120. The van der Waals surface area contributed by atoms with Gasteiger partial charge in [-0.25, -0.2) is 12.8 Å². The minimum Gasteiger partial charge on any atom is -0.326 e. The van der Waals surface area contributed by atoms with Gasteiger partial charge >= 0.3 is 0 Å². The van der Waals surface area contributed by atoms with Crippen molar-refractivity contribution in [2.75, 3.05) is 11.9 Å². The number of sulfonamides is 1. The largest absolute Gasteiger partial charge is 0.326 e. The van der Waals surface area contributed by atoms with Crippen LogP contribution >= 0.6 is 0 Å². The fraction of sp³-hybridized carbons (Fsp3) is 0.381. The molecule has 2 aromatic carbocycles. The topological polar surface area (TPSA) is 66.5 Å². The summed E-state index contributed by atoms with van der Waals surface area (Å²) in [4.78, 5) is 12.4. The van der Waals surface area contributed by atoms with Gasteiger partial charge in [0.15, 0.2) is 0 Å². The van der Waals surface area contributed by atoms with E-state index in [9.17, 15) is 17.6 Å². The smallest absolute Gasteiger partial charge is 0.243 e. The van der Waals surface area contributed by atoms with Crippen LogP contribution in [0.4, 0.5) is 10.1 Å². The van der Waals surface area contributed by atoms with E-state index in [0.717, 1.165) is 36.1 Å². The van der Waals surface area contributed by atoms with E-state index in [4.69, 9.17) is 0 Å². The number of nitrogens with one attached hydrogen (secondary N) is 1. The van der Waals surface area contributed by atoms with E-state index in [2.05, 4.69) is 5.32 Å². The number of amides is 1. The fourth-order valence-electron chi connectivity index (χ4n) is 3.47. The minimum absolute atomic E-state index is 0.0171. The summed E-state index contributed by atoms with van der Waals surface area (Å²) in [6, 6.07) is 10.5. The molecule has 0 aliphatic carbocycles. The summed E-state index contributed by atoms with van der Waals surface area (Å²) in [6.07, 6.45) is 2.14. The van der Waals surface area contributed by atoms with Crippen molar-refractivity contribution in [3.8, 4) is 0 Å². The highest BCUT2D eigenvalue weighted by molar-refractivity contribution is 7.89. The van der Waals surface area contributed by atoms with Crippen LogP contribution in [0.2, 0.25) is 0 Å². The first-order valence-electron chi connectivity index (χ1n) is 9.53. The Bertz CT molecular complexity index is 954. The zero-order chi connectivity index (χ0) is 20.3. The molecular weight excluding hydrogens is 379 g/mol. The highest BCUT2D eigenvalue weighted by atomic mass is 32.2. The molecule has 0 saturated carbocycles. The van der Waals surface area contributed by atoms with Gasteiger partial charge in [0.2, 0.25) is 15.9 Å². The van der Waals surface area contributed by atoms with Gasteiger partial charge in [-0.1, -0.05) is 19.9 Å². The molecule has 0 saturated heterocycles. The van der Waals surface area contributed by atoms with Gasteiger partial charge in [-0.05, 0) is 66.8 Å². The standard InChI is InChI=1S/C21H25FN2O3S/c1-3-15(4-2)21(25)23-19-8-5-16-11-12-24(14-17(16)13-19)28(26,27)20-9-6-18(22)7-10-20/h5-10,13,15H,3-4,11-12,14H2,1-2H3,(H,23,25). The number of nitrogens with zero attached hydrogens (tertiary/aromatic N) is 1. The summed E-state index contributed by atoms with van der Waals surface area (Å²) >= 11 is 0. The Morgan fingerprint density at radius 1 is 1.11 bits per heavy atom. The zero-order valence-corrected chi connectivity index (χ0v) is 16.9. The third-order valence-corrected chi connectivity index (χ3v) is 7.12. The van der Waals surface area contributed by atoms with Crippen molar-refractivity contribution < 1.29 is 17.6 Å². The second-order valence-corrected chi connectivity index (χ2v) is 8.97. The van der Waals surface area contributed by atoms with Crippen LogP contribution in [0.3, 0.4) is 0 Å². The Kier molecular flexibility index (Phi) is 6.15. The lowest BCUT2D eigenvalue weighted by Crippen LogP contribution is -2.36. The number of rotatable bonds is 6. The highest BCUT2D eigenvalue weighted by Gasteiger charge is 2.28. The molecule has 3 rings (SSSR count). The number of fused-ring (bicyclic) bond motifs is 1. The van der Waals surface area contributed by atoms with Crippen molar-refractivity contribution in [2.24, 2.45) is 5.92 Å². The van der Waals surface area contributed by atoms with Gasteiger partial charge in [0.25, 0.3) is 0 Å². The lowest BCUT2D eigenvalue weighted by Gasteiger charge is -2.28. The summed E-state index contributed by atoms with van der Waals surface area (Å²) in [6.45, 7) is 4.56. The van der Waals surface area contributed by atoms with Gasteiger partial charge in [-0.15, -0.1) is 0 Å². The Labute approximate surface area is 165 Å². The number of hydrogen-bond acceptors (Lipinski definition) is 3. The molecule has 1 N–H and O–H groups in total. The van der Waals surface area contributed by atoms with Crippen LogP contribution in [0.15, 0.2) is 47.4 Å². The van der Waals surface area contributed by atoms with E-state index < -0.39 is 15.8 Å². The summed E-state index contributed by atoms with van der Waals surface area (Å²) in [5, 5.41) is 2.94. The maximum absolute atomic E-state index is 13.1. The molecule has 5 nitrogen and oxygen atoms in total. The first kappa shape index (κ1) is 20.5. The van der Waals surface area contributed by atoms with E-state index >= 15 is 0 Å².